The maximum atomic E-state index is 12.5. The number of carbonyl (C=O) groups is 2. The lowest BCUT2D eigenvalue weighted by atomic mass is 10.1. The Morgan fingerprint density at radius 3 is 2.50 bits per heavy atom. The molecular formula is C19H34N2O5. The minimum atomic E-state index is -1.24. The molecule has 0 radical (unpaired) electrons. The Morgan fingerprint density at radius 2 is 2.00 bits per heavy atom. The molecule has 150 valence electrons. The first-order valence-electron chi connectivity index (χ1n) is 9.16. The van der Waals surface area contributed by atoms with Crippen molar-refractivity contribution in [3.05, 3.63) is 11.8 Å². The molecule has 3 N–H and O–H groups in total. The minimum absolute atomic E-state index is 0.118. The van der Waals surface area contributed by atoms with Crippen LogP contribution in [-0.2, 0) is 14.3 Å². The van der Waals surface area contributed by atoms with Gasteiger partial charge >= 0.3 is 5.97 Å². The second kappa shape index (κ2) is 12.6. The molecule has 0 aliphatic heterocycles. The number of unbranched alkanes of at least 4 members (excludes halogenated alkanes) is 2. The predicted molar refractivity (Wildman–Crippen MR) is 102 cm³/mol. The molecule has 2 atom stereocenters. The van der Waals surface area contributed by atoms with Crippen LogP contribution in [-0.4, -0.2) is 52.7 Å². The maximum absolute atomic E-state index is 12.5. The normalized spacial score (nSPS) is 15.0. The highest BCUT2D eigenvalue weighted by molar-refractivity contribution is 5.87. The number of allylic oxidation sites excluding steroid dienone is 1. The van der Waals surface area contributed by atoms with Gasteiger partial charge in [0.15, 0.2) is 0 Å². The van der Waals surface area contributed by atoms with Gasteiger partial charge in [-0.3, -0.25) is 9.79 Å². The van der Waals surface area contributed by atoms with Crippen LogP contribution in [0.3, 0.4) is 0 Å². The zero-order valence-electron chi connectivity index (χ0n) is 16.6. The van der Waals surface area contributed by atoms with Crippen molar-refractivity contribution in [2.75, 3.05) is 6.61 Å². The van der Waals surface area contributed by atoms with Crippen molar-refractivity contribution in [1.82, 2.24) is 5.32 Å². The number of hydrogen-bond donors (Lipinski definition) is 3. The van der Waals surface area contributed by atoms with Crippen molar-refractivity contribution in [1.29, 1.82) is 0 Å². The van der Waals surface area contributed by atoms with E-state index in [9.17, 15) is 14.7 Å². The van der Waals surface area contributed by atoms with Crippen molar-refractivity contribution < 1.29 is 24.5 Å². The van der Waals surface area contributed by atoms with Crippen LogP contribution >= 0.6 is 0 Å². The Morgan fingerprint density at radius 1 is 1.35 bits per heavy atom. The Balaban J connectivity index is 5.17. The summed E-state index contributed by atoms with van der Waals surface area (Å²) in [6.07, 6.45) is 5.71. The van der Waals surface area contributed by atoms with Gasteiger partial charge in [-0.2, -0.15) is 0 Å². The van der Waals surface area contributed by atoms with Crippen LogP contribution in [0.2, 0.25) is 0 Å². The van der Waals surface area contributed by atoms with Crippen LogP contribution in [0, 0.1) is 0 Å². The first-order valence-corrected chi connectivity index (χ1v) is 9.16. The van der Waals surface area contributed by atoms with Crippen molar-refractivity contribution in [3.63, 3.8) is 0 Å². The Hall–Kier alpha value is -1.73. The van der Waals surface area contributed by atoms with Crippen molar-refractivity contribution in [2.45, 2.75) is 84.5 Å². The second-order valence-corrected chi connectivity index (χ2v) is 6.83. The molecule has 0 spiro atoms. The average Bonchev–Trinajstić information content (AvgIpc) is 2.55. The van der Waals surface area contributed by atoms with E-state index in [1.165, 1.54) is 6.92 Å². The summed E-state index contributed by atoms with van der Waals surface area (Å²) in [4.78, 5) is 28.8. The van der Waals surface area contributed by atoms with E-state index in [1.807, 2.05) is 0 Å². The number of rotatable bonds is 12. The second-order valence-electron chi connectivity index (χ2n) is 6.83. The lowest BCUT2D eigenvalue weighted by Gasteiger charge is -2.27. The summed E-state index contributed by atoms with van der Waals surface area (Å²) in [6.45, 7) is 8.49. The number of nitrogens with zero attached hydrogens (tertiary/aromatic N) is 1. The summed E-state index contributed by atoms with van der Waals surface area (Å²) >= 11 is 0. The summed E-state index contributed by atoms with van der Waals surface area (Å²) in [5.41, 5.74) is -0.214. The summed E-state index contributed by atoms with van der Waals surface area (Å²) in [7, 11) is 0. The highest BCUT2D eigenvalue weighted by atomic mass is 16.6. The summed E-state index contributed by atoms with van der Waals surface area (Å²) in [6, 6.07) is -0.968. The summed E-state index contributed by atoms with van der Waals surface area (Å²) in [5.74, 6) is -1.28. The number of nitrogens with one attached hydrogen (secondary N) is 1. The van der Waals surface area contributed by atoms with Crippen LogP contribution in [0.5, 0.6) is 0 Å². The van der Waals surface area contributed by atoms with Crippen LogP contribution in [0.15, 0.2) is 16.8 Å². The molecule has 7 heteroatoms. The SMILES string of the molecule is C/C=C(/CC(NC(=O)C(C)O)C(=O)OC(C)(C)CCO)N=CCCCC. The van der Waals surface area contributed by atoms with E-state index in [1.54, 1.807) is 33.1 Å². The van der Waals surface area contributed by atoms with Crippen LogP contribution in [0.4, 0.5) is 0 Å². The van der Waals surface area contributed by atoms with E-state index in [0.717, 1.165) is 19.3 Å². The smallest absolute Gasteiger partial charge is 0.329 e. The summed E-state index contributed by atoms with van der Waals surface area (Å²) < 4.78 is 5.44. The molecule has 0 rings (SSSR count). The minimum Gasteiger partial charge on any atom is -0.458 e. The number of hydrogen-bond acceptors (Lipinski definition) is 6. The molecule has 2 unspecified atom stereocenters. The van der Waals surface area contributed by atoms with Gasteiger partial charge in [-0.1, -0.05) is 19.4 Å². The Labute approximate surface area is 156 Å². The first kappa shape index (κ1) is 24.3. The zero-order chi connectivity index (χ0) is 20.2. The standard InChI is InChI=1S/C19H34N2O5/c1-6-8-9-11-20-15(7-2)13-16(21-17(24)14(3)23)18(25)26-19(4,5)10-12-22/h7,11,14,16,22-23H,6,8-10,12-13H2,1-5H3,(H,21,24)/b15-7-,20-11?. The molecular weight excluding hydrogens is 336 g/mol. The van der Waals surface area contributed by atoms with Gasteiger partial charge in [0.05, 0.1) is 0 Å². The fourth-order valence-electron chi connectivity index (χ4n) is 2.08. The molecule has 0 saturated heterocycles. The number of aliphatic hydroxyl groups excluding tert-OH is 2. The molecule has 0 aromatic rings. The third-order valence-electron chi connectivity index (χ3n) is 3.76. The number of carbonyl (C=O) groups excluding carboxylic acids is 2. The highest BCUT2D eigenvalue weighted by Gasteiger charge is 2.30. The number of aliphatic imine (C=N–C) groups is 1. The van der Waals surface area contributed by atoms with Crippen LogP contribution in [0.25, 0.3) is 0 Å². The van der Waals surface area contributed by atoms with Gasteiger partial charge in [0.25, 0.3) is 0 Å². The fraction of sp³-hybridized carbons (Fsp3) is 0.737. The monoisotopic (exact) mass is 370 g/mol. The topological polar surface area (TPSA) is 108 Å². The third kappa shape index (κ3) is 10.3. The molecule has 0 aliphatic carbocycles. The van der Waals surface area contributed by atoms with E-state index in [2.05, 4.69) is 17.2 Å². The van der Waals surface area contributed by atoms with Crippen molar-refractivity contribution in [3.8, 4) is 0 Å². The van der Waals surface area contributed by atoms with E-state index in [-0.39, 0.29) is 19.4 Å². The van der Waals surface area contributed by atoms with Gasteiger partial charge in [-0.05, 0) is 40.5 Å². The predicted octanol–water partition coefficient (Wildman–Crippen LogP) is 2.11. The van der Waals surface area contributed by atoms with Crippen molar-refractivity contribution >= 4 is 18.1 Å². The molecule has 0 heterocycles. The number of aliphatic hydroxyl groups is 2. The average molecular weight is 370 g/mol. The fourth-order valence-corrected chi connectivity index (χ4v) is 2.08. The van der Waals surface area contributed by atoms with Crippen LogP contribution < -0.4 is 5.32 Å². The third-order valence-corrected chi connectivity index (χ3v) is 3.76. The van der Waals surface area contributed by atoms with Gasteiger partial charge in [0.2, 0.25) is 5.91 Å². The Kier molecular flexibility index (Phi) is 11.8. The molecule has 1 amide bonds. The van der Waals surface area contributed by atoms with E-state index in [4.69, 9.17) is 9.84 Å². The molecule has 0 fully saturated rings. The first-order chi connectivity index (χ1) is 12.2. The molecule has 0 aromatic carbocycles. The van der Waals surface area contributed by atoms with E-state index in [0.29, 0.717) is 5.70 Å². The lowest BCUT2D eigenvalue weighted by molar-refractivity contribution is -0.161. The maximum Gasteiger partial charge on any atom is 0.329 e. The molecule has 7 nitrogen and oxygen atoms in total. The molecule has 0 bridgehead atoms. The number of ether oxygens (including phenoxy) is 1. The number of amides is 1. The summed E-state index contributed by atoms with van der Waals surface area (Å²) in [5, 5.41) is 21.0. The zero-order valence-corrected chi connectivity index (χ0v) is 16.6. The van der Waals surface area contributed by atoms with Gasteiger partial charge in [-0.15, -0.1) is 0 Å². The Bertz CT molecular complexity index is 498. The largest absolute Gasteiger partial charge is 0.458 e. The van der Waals surface area contributed by atoms with E-state index >= 15 is 0 Å². The van der Waals surface area contributed by atoms with Gasteiger partial charge < -0.3 is 20.3 Å². The van der Waals surface area contributed by atoms with Crippen molar-refractivity contribution in [2.24, 2.45) is 4.99 Å². The van der Waals surface area contributed by atoms with Crippen LogP contribution in [0.1, 0.15) is 66.7 Å². The molecule has 0 saturated carbocycles. The van der Waals surface area contributed by atoms with Gasteiger partial charge in [-0.25, -0.2) is 4.79 Å². The van der Waals surface area contributed by atoms with Gasteiger partial charge in [0, 0.05) is 31.4 Å². The molecule has 26 heavy (non-hydrogen) atoms. The van der Waals surface area contributed by atoms with Gasteiger partial charge in [0.1, 0.15) is 17.7 Å². The molecule has 0 aliphatic rings. The lowest BCUT2D eigenvalue weighted by Crippen LogP contribution is -2.47. The highest BCUT2D eigenvalue weighted by Crippen LogP contribution is 2.17. The molecule has 0 aromatic heterocycles. The van der Waals surface area contributed by atoms with E-state index < -0.39 is 29.6 Å². The quantitative estimate of drug-likeness (QED) is 0.277. The number of esters is 1.